The highest BCUT2D eigenvalue weighted by molar-refractivity contribution is 5.93. The van der Waals surface area contributed by atoms with Gasteiger partial charge in [0.15, 0.2) is 5.82 Å². The quantitative estimate of drug-likeness (QED) is 0.710. The van der Waals surface area contributed by atoms with Gasteiger partial charge in [0.2, 0.25) is 0 Å². The zero-order valence-electron chi connectivity index (χ0n) is 14.8. The molecule has 0 saturated heterocycles. The van der Waals surface area contributed by atoms with Crippen LogP contribution in [0.1, 0.15) is 47.3 Å². The third-order valence-corrected chi connectivity index (χ3v) is 4.18. The minimum Gasteiger partial charge on any atom is -0.350 e. The largest absolute Gasteiger partial charge is 0.350 e. The fraction of sp³-hybridized carbons (Fsp3) is 0.263. The number of nitrogens with two attached hydrogens (primary N) is 1. The summed E-state index contributed by atoms with van der Waals surface area (Å²) in [7, 11) is 0. The van der Waals surface area contributed by atoms with E-state index in [0.717, 1.165) is 5.56 Å². The zero-order chi connectivity index (χ0) is 18.5. The van der Waals surface area contributed by atoms with Crippen molar-refractivity contribution in [2.24, 2.45) is 5.73 Å². The first-order valence-electron chi connectivity index (χ1n) is 8.49. The number of hydrogen-bond donors (Lipinski definition) is 2. The highest BCUT2D eigenvalue weighted by Crippen LogP contribution is 2.17. The lowest BCUT2D eigenvalue weighted by Crippen LogP contribution is -2.32. The molecule has 7 heteroatoms. The maximum absolute atomic E-state index is 12.3. The van der Waals surface area contributed by atoms with E-state index >= 15 is 0 Å². The average Bonchev–Trinajstić information content (AvgIpc) is 3.21. The topological polar surface area (TPSA) is 98.7 Å². The summed E-state index contributed by atoms with van der Waals surface area (Å²) in [6.45, 7) is 4.65. The first kappa shape index (κ1) is 17.8. The smallest absolute Gasteiger partial charge is 0.252 e. The first-order valence-corrected chi connectivity index (χ1v) is 8.49. The maximum atomic E-state index is 12.3. The molecule has 3 aromatic rings. The molecule has 1 unspecified atom stereocenters. The molecule has 134 valence electrons. The summed E-state index contributed by atoms with van der Waals surface area (Å²) in [4.78, 5) is 20.4. The van der Waals surface area contributed by atoms with Crippen LogP contribution in [0.3, 0.4) is 0 Å². The SMILES string of the molecule is CC(C)c1ccc(C(N)CNC(=O)c2ccc(-n3cncn3)nc2)cc1. The van der Waals surface area contributed by atoms with Crippen LogP contribution in [0, 0.1) is 0 Å². The van der Waals surface area contributed by atoms with E-state index in [0.29, 0.717) is 23.8 Å². The van der Waals surface area contributed by atoms with Crippen molar-refractivity contribution >= 4 is 5.91 Å². The van der Waals surface area contributed by atoms with Gasteiger partial charge in [-0.2, -0.15) is 5.10 Å². The molecule has 0 saturated carbocycles. The lowest BCUT2D eigenvalue weighted by molar-refractivity contribution is 0.0951. The number of hydrogen-bond acceptors (Lipinski definition) is 5. The van der Waals surface area contributed by atoms with E-state index in [1.807, 2.05) is 12.1 Å². The second kappa shape index (κ2) is 7.88. The van der Waals surface area contributed by atoms with E-state index in [4.69, 9.17) is 5.73 Å². The fourth-order valence-corrected chi connectivity index (χ4v) is 2.53. The van der Waals surface area contributed by atoms with Crippen molar-refractivity contribution in [3.05, 3.63) is 71.9 Å². The first-order chi connectivity index (χ1) is 12.5. The van der Waals surface area contributed by atoms with Gasteiger partial charge in [-0.25, -0.2) is 14.6 Å². The Bertz CT molecular complexity index is 841. The molecule has 0 aliphatic carbocycles. The van der Waals surface area contributed by atoms with Crippen LogP contribution in [0.5, 0.6) is 0 Å². The monoisotopic (exact) mass is 350 g/mol. The van der Waals surface area contributed by atoms with E-state index in [-0.39, 0.29) is 11.9 Å². The second-order valence-corrected chi connectivity index (χ2v) is 6.38. The van der Waals surface area contributed by atoms with E-state index in [2.05, 4.69) is 46.4 Å². The number of nitrogens with one attached hydrogen (secondary N) is 1. The van der Waals surface area contributed by atoms with Crippen molar-refractivity contribution in [3.8, 4) is 5.82 Å². The van der Waals surface area contributed by atoms with Crippen molar-refractivity contribution in [3.63, 3.8) is 0 Å². The van der Waals surface area contributed by atoms with E-state index in [1.54, 1.807) is 18.5 Å². The van der Waals surface area contributed by atoms with Crippen molar-refractivity contribution in [2.45, 2.75) is 25.8 Å². The molecule has 2 heterocycles. The minimum atomic E-state index is -0.262. The van der Waals surface area contributed by atoms with Crippen LogP contribution in [0.2, 0.25) is 0 Å². The molecule has 26 heavy (non-hydrogen) atoms. The number of carbonyl (C=O) groups is 1. The van der Waals surface area contributed by atoms with Crippen molar-refractivity contribution in [2.75, 3.05) is 6.54 Å². The molecule has 0 bridgehead atoms. The number of amides is 1. The van der Waals surface area contributed by atoms with Crippen LogP contribution in [0.4, 0.5) is 0 Å². The van der Waals surface area contributed by atoms with Crippen LogP contribution < -0.4 is 11.1 Å². The molecule has 7 nitrogen and oxygen atoms in total. The number of pyridine rings is 1. The molecular formula is C19H22N6O. The molecule has 0 fully saturated rings. The number of rotatable bonds is 6. The number of nitrogens with zero attached hydrogens (tertiary/aromatic N) is 4. The summed E-state index contributed by atoms with van der Waals surface area (Å²) in [5.74, 6) is 0.867. The van der Waals surface area contributed by atoms with Gasteiger partial charge in [0.05, 0.1) is 5.56 Å². The molecular weight excluding hydrogens is 328 g/mol. The summed E-state index contributed by atoms with van der Waals surface area (Å²) in [5.41, 5.74) is 8.92. The van der Waals surface area contributed by atoms with Crippen LogP contribution in [0.25, 0.3) is 5.82 Å². The average molecular weight is 350 g/mol. The van der Waals surface area contributed by atoms with Crippen LogP contribution in [-0.2, 0) is 0 Å². The number of carbonyl (C=O) groups excluding carboxylic acids is 1. The van der Waals surface area contributed by atoms with E-state index in [9.17, 15) is 4.79 Å². The van der Waals surface area contributed by atoms with Crippen molar-refractivity contribution < 1.29 is 4.79 Å². The lowest BCUT2D eigenvalue weighted by Gasteiger charge is -2.14. The highest BCUT2D eigenvalue weighted by Gasteiger charge is 2.11. The van der Waals surface area contributed by atoms with Gasteiger partial charge in [0.1, 0.15) is 12.7 Å². The lowest BCUT2D eigenvalue weighted by atomic mass is 9.99. The Labute approximate surface area is 152 Å². The third-order valence-electron chi connectivity index (χ3n) is 4.18. The van der Waals surface area contributed by atoms with Gasteiger partial charge in [0.25, 0.3) is 5.91 Å². The van der Waals surface area contributed by atoms with Gasteiger partial charge in [0, 0.05) is 18.8 Å². The Morgan fingerprint density at radius 1 is 1.15 bits per heavy atom. The minimum absolute atomic E-state index is 0.211. The Morgan fingerprint density at radius 2 is 1.88 bits per heavy atom. The van der Waals surface area contributed by atoms with Gasteiger partial charge in [-0.15, -0.1) is 0 Å². The van der Waals surface area contributed by atoms with Gasteiger partial charge in [-0.1, -0.05) is 38.1 Å². The Hall–Kier alpha value is -3.06. The van der Waals surface area contributed by atoms with Crippen molar-refractivity contribution in [1.82, 2.24) is 25.1 Å². The Morgan fingerprint density at radius 3 is 2.46 bits per heavy atom. The molecule has 1 aromatic carbocycles. The summed E-state index contributed by atoms with van der Waals surface area (Å²) in [6.07, 6.45) is 4.48. The summed E-state index contributed by atoms with van der Waals surface area (Å²) >= 11 is 0. The molecule has 3 rings (SSSR count). The van der Waals surface area contributed by atoms with Crippen LogP contribution in [-0.4, -0.2) is 32.2 Å². The molecule has 1 atom stereocenters. The molecule has 1 amide bonds. The Kier molecular flexibility index (Phi) is 5.38. The van der Waals surface area contributed by atoms with Gasteiger partial charge in [-0.05, 0) is 29.2 Å². The number of benzene rings is 1. The summed E-state index contributed by atoms with van der Waals surface area (Å²) in [6, 6.07) is 11.3. The molecule has 0 aliphatic rings. The maximum Gasteiger partial charge on any atom is 0.252 e. The standard InChI is InChI=1S/C19H22N6O/c1-13(2)14-3-5-15(6-4-14)17(20)10-23-19(26)16-7-8-18(22-9-16)25-12-21-11-24-25/h3-9,11-13,17H,10,20H2,1-2H3,(H,23,26). The second-order valence-electron chi connectivity index (χ2n) is 6.38. The molecule has 0 spiro atoms. The van der Waals surface area contributed by atoms with E-state index < -0.39 is 0 Å². The van der Waals surface area contributed by atoms with Crippen LogP contribution in [0.15, 0.2) is 55.2 Å². The predicted molar refractivity (Wildman–Crippen MR) is 98.9 cm³/mol. The zero-order valence-corrected chi connectivity index (χ0v) is 14.8. The van der Waals surface area contributed by atoms with Crippen LogP contribution >= 0.6 is 0 Å². The molecule has 2 aromatic heterocycles. The van der Waals surface area contributed by atoms with Crippen molar-refractivity contribution in [1.29, 1.82) is 0 Å². The predicted octanol–water partition coefficient (Wildman–Crippen LogP) is 2.22. The van der Waals surface area contributed by atoms with Gasteiger partial charge in [-0.3, -0.25) is 4.79 Å². The molecule has 0 aliphatic heterocycles. The number of aromatic nitrogens is 4. The van der Waals surface area contributed by atoms with Gasteiger partial charge < -0.3 is 11.1 Å². The molecule has 3 N–H and O–H groups in total. The fourth-order valence-electron chi connectivity index (χ4n) is 2.53. The highest BCUT2D eigenvalue weighted by atomic mass is 16.1. The third kappa shape index (κ3) is 4.12. The normalized spacial score (nSPS) is 12.2. The van der Waals surface area contributed by atoms with Gasteiger partial charge >= 0.3 is 0 Å². The summed E-state index contributed by atoms with van der Waals surface area (Å²) < 4.78 is 1.53. The Balaban J connectivity index is 1.57. The molecule has 0 radical (unpaired) electrons. The van der Waals surface area contributed by atoms with E-state index in [1.165, 1.54) is 22.8 Å². The summed E-state index contributed by atoms with van der Waals surface area (Å²) in [5, 5.41) is 6.85.